The van der Waals surface area contributed by atoms with Gasteiger partial charge in [-0.1, -0.05) is 11.6 Å². The highest BCUT2D eigenvalue weighted by molar-refractivity contribution is 6.32. The highest BCUT2D eigenvalue weighted by Crippen LogP contribution is 2.28. The van der Waals surface area contributed by atoms with Gasteiger partial charge >= 0.3 is 0 Å². The van der Waals surface area contributed by atoms with Crippen LogP contribution in [0.1, 0.15) is 18.2 Å². The van der Waals surface area contributed by atoms with Crippen molar-refractivity contribution in [3.8, 4) is 5.75 Å². The van der Waals surface area contributed by atoms with Gasteiger partial charge < -0.3 is 10.5 Å². The molecule has 5 nitrogen and oxygen atoms in total. The molecule has 106 valence electrons. The molecule has 0 atom stereocenters. The number of nitrogens with zero attached hydrogens (tertiary/aromatic N) is 3. The normalized spacial score (nSPS) is 11.2. The summed E-state index contributed by atoms with van der Waals surface area (Å²) in [5, 5.41) is 4.29. The first-order chi connectivity index (χ1) is 9.51. The Morgan fingerprint density at radius 1 is 1.55 bits per heavy atom. The molecule has 0 radical (unpaired) electrons. The molecule has 20 heavy (non-hydrogen) atoms. The zero-order valence-electron chi connectivity index (χ0n) is 11.1. The fraction of sp³-hybridized carbons (Fsp3) is 0.231. The number of anilines is 1. The van der Waals surface area contributed by atoms with Crippen molar-refractivity contribution >= 4 is 23.8 Å². The van der Waals surface area contributed by atoms with Gasteiger partial charge in [0, 0.05) is 0 Å². The maximum atomic E-state index is 13.8. The highest BCUT2D eigenvalue weighted by Gasteiger charge is 2.10. The lowest BCUT2D eigenvalue weighted by molar-refractivity contribution is 0.322. The predicted molar refractivity (Wildman–Crippen MR) is 76.9 cm³/mol. The molecule has 0 aliphatic carbocycles. The average Bonchev–Trinajstić information content (AvgIpc) is 2.70. The Kier molecular flexibility index (Phi) is 4.24. The summed E-state index contributed by atoms with van der Waals surface area (Å²) in [5.41, 5.74) is 6.89. The van der Waals surface area contributed by atoms with E-state index in [0.29, 0.717) is 12.2 Å². The Labute approximate surface area is 120 Å². The molecule has 0 spiro atoms. The Hall–Kier alpha value is -2.08. The van der Waals surface area contributed by atoms with Crippen LogP contribution in [0.2, 0.25) is 5.02 Å². The standard InChI is InChI=1S/C13H14ClFN4O/c1-3-20-12-10(14)4-9(5-11(12)15)6-17-19-7-8(2)18-13(19)16/h4-7H,3H2,1-2H3,(H2,16,18). The van der Waals surface area contributed by atoms with E-state index in [4.69, 9.17) is 22.1 Å². The minimum Gasteiger partial charge on any atom is -0.489 e. The van der Waals surface area contributed by atoms with Crippen LogP contribution in [0.3, 0.4) is 0 Å². The van der Waals surface area contributed by atoms with E-state index in [-0.39, 0.29) is 16.7 Å². The van der Waals surface area contributed by atoms with Gasteiger partial charge in [-0.25, -0.2) is 14.1 Å². The summed E-state index contributed by atoms with van der Waals surface area (Å²) in [7, 11) is 0. The lowest BCUT2D eigenvalue weighted by Gasteiger charge is -2.07. The predicted octanol–water partition coefficient (Wildman–Crippen LogP) is 2.85. The first-order valence-corrected chi connectivity index (χ1v) is 6.36. The molecule has 2 aromatic rings. The summed E-state index contributed by atoms with van der Waals surface area (Å²) in [5.74, 6) is -0.226. The van der Waals surface area contributed by atoms with E-state index in [9.17, 15) is 4.39 Å². The molecule has 0 saturated heterocycles. The van der Waals surface area contributed by atoms with Crippen molar-refractivity contribution in [1.82, 2.24) is 9.66 Å². The number of ether oxygens (including phenoxy) is 1. The zero-order chi connectivity index (χ0) is 14.7. The lowest BCUT2D eigenvalue weighted by atomic mass is 10.2. The quantitative estimate of drug-likeness (QED) is 0.882. The first-order valence-electron chi connectivity index (χ1n) is 5.99. The monoisotopic (exact) mass is 296 g/mol. The van der Waals surface area contributed by atoms with Gasteiger partial charge in [0.05, 0.1) is 29.7 Å². The van der Waals surface area contributed by atoms with Gasteiger partial charge in [0.15, 0.2) is 11.6 Å². The number of aryl methyl sites for hydroxylation is 1. The molecule has 1 heterocycles. The van der Waals surface area contributed by atoms with E-state index in [0.717, 1.165) is 5.69 Å². The van der Waals surface area contributed by atoms with Crippen molar-refractivity contribution in [3.63, 3.8) is 0 Å². The molecular formula is C13H14ClFN4O. The minimum atomic E-state index is -0.532. The second-order valence-electron chi connectivity index (χ2n) is 4.08. The van der Waals surface area contributed by atoms with Crippen LogP contribution in [0.25, 0.3) is 0 Å². The molecule has 2 rings (SSSR count). The van der Waals surface area contributed by atoms with Gasteiger partial charge in [-0.05, 0) is 31.5 Å². The van der Waals surface area contributed by atoms with Crippen molar-refractivity contribution in [3.05, 3.63) is 40.4 Å². The second kappa shape index (κ2) is 5.92. The average molecular weight is 297 g/mol. The second-order valence-corrected chi connectivity index (χ2v) is 4.48. The number of halogens is 2. The number of hydrogen-bond acceptors (Lipinski definition) is 4. The number of imidazole rings is 1. The van der Waals surface area contributed by atoms with Gasteiger partial charge in [0.25, 0.3) is 0 Å². The topological polar surface area (TPSA) is 65.4 Å². The van der Waals surface area contributed by atoms with Crippen molar-refractivity contribution in [2.24, 2.45) is 5.10 Å². The molecular weight excluding hydrogens is 283 g/mol. The van der Waals surface area contributed by atoms with Gasteiger partial charge in [-0.2, -0.15) is 5.10 Å². The van der Waals surface area contributed by atoms with Crippen molar-refractivity contribution in [2.75, 3.05) is 12.3 Å². The van der Waals surface area contributed by atoms with E-state index in [1.165, 1.54) is 17.0 Å². The van der Waals surface area contributed by atoms with Gasteiger partial charge in [-0.15, -0.1) is 0 Å². The summed E-state index contributed by atoms with van der Waals surface area (Å²) < 4.78 is 20.3. The van der Waals surface area contributed by atoms with Crippen LogP contribution < -0.4 is 10.5 Å². The molecule has 0 fully saturated rings. The van der Waals surface area contributed by atoms with E-state index in [1.54, 1.807) is 26.1 Å². The fourth-order valence-electron chi connectivity index (χ4n) is 1.66. The molecule has 0 aliphatic heterocycles. The third kappa shape index (κ3) is 3.08. The SMILES string of the molecule is CCOc1c(F)cc(C=Nn2cc(C)nc2N)cc1Cl. The van der Waals surface area contributed by atoms with Crippen molar-refractivity contribution < 1.29 is 9.13 Å². The molecule has 0 aliphatic rings. The zero-order valence-corrected chi connectivity index (χ0v) is 11.9. The van der Waals surface area contributed by atoms with Crippen LogP contribution in [-0.4, -0.2) is 22.5 Å². The Balaban J connectivity index is 2.28. The van der Waals surface area contributed by atoms with Crippen LogP contribution in [0.4, 0.5) is 10.3 Å². The summed E-state index contributed by atoms with van der Waals surface area (Å²) in [6, 6.07) is 2.86. The van der Waals surface area contributed by atoms with Crippen LogP contribution in [-0.2, 0) is 0 Å². The number of hydrogen-bond donors (Lipinski definition) is 1. The van der Waals surface area contributed by atoms with Crippen LogP contribution in [0, 0.1) is 12.7 Å². The maximum Gasteiger partial charge on any atom is 0.221 e. The van der Waals surface area contributed by atoms with E-state index < -0.39 is 5.82 Å². The smallest absolute Gasteiger partial charge is 0.221 e. The molecule has 1 aromatic carbocycles. The molecule has 0 saturated carbocycles. The fourth-order valence-corrected chi connectivity index (χ4v) is 1.93. The largest absolute Gasteiger partial charge is 0.489 e. The number of nitrogen functional groups attached to an aromatic ring is 1. The molecule has 0 amide bonds. The van der Waals surface area contributed by atoms with Crippen LogP contribution in [0.15, 0.2) is 23.4 Å². The van der Waals surface area contributed by atoms with Gasteiger partial charge in [-0.3, -0.25) is 0 Å². The number of benzene rings is 1. The van der Waals surface area contributed by atoms with Gasteiger partial charge in [0.2, 0.25) is 5.95 Å². The molecule has 0 unspecified atom stereocenters. The summed E-state index contributed by atoms with van der Waals surface area (Å²) >= 11 is 5.96. The number of nitrogens with two attached hydrogens (primary N) is 1. The summed E-state index contributed by atoms with van der Waals surface area (Å²) in [4.78, 5) is 4.00. The van der Waals surface area contributed by atoms with Crippen molar-refractivity contribution in [1.29, 1.82) is 0 Å². The molecule has 1 aromatic heterocycles. The maximum absolute atomic E-state index is 13.8. The van der Waals surface area contributed by atoms with Crippen LogP contribution >= 0.6 is 11.6 Å². The van der Waals surface area contributed by atoms with E-state index in [2.05, 4.69) is 10.1 Å². The minimum absolute atomic E-state index is 0.0457. The molecule has 7 heteroatoms. The van der Waals surface area contributed by atoms with Crippen LogP contribution in [0.5, 0.6) is 5.75 Å². The molecule has 0 bridgehead atoms. The van der Waals surface area contributed by atoms with E-state index in [1.807, 2.05) is 0 Å². The lowest BCUT2D eigenvalue weighted by Crippen LogP contribution is -1.99. The number of aromatic nitrogens is 2. The van der Waals surface area contributed by atoms with Crippen molar-refractivity contribution in [2.45, 2.75) is 13.8 Å². The Morgan fingerprint density at radius 2 is 2.30 bits per heavy atom. The highest BCUT2D eigenvalue weighted by atomic mass is 35.5. The summed E-state index contributed by atoms with van der Waals surface area (Å²) in [6.07, 6.45) is 3.11. The van der Waals surface area contributed by atoms with E-state index >= 15 is 0 Å². The first kappa shape index (κ1) is 14.3. The third-order valence-electron chi connectivity index (χ3n) is 2.48. The molecule has 2 N–H and O–H groups in total. The number of rotatable bonds is 4. The third-order valence-corrected chi connectivity index (χ3v) is 2.76. The Morgan fingerprint density at radius 3 is 2.85 bits per heavy atom. The summed E-state index contributed by atoms with van der Waals surface area (Å²) in [6.45, 7) is 3.90. The Bertz CT molecular complexity index is 631. The van der Waals surface area contributed by atoms with Gasteiger partial charge in [0.1, 0.15) is 0 Å².